The molecule has 0 aromatic rings. The fourth-order valence-electron chi connectivity index (χ4n) is 2.60. The zero-order chi connectivity index (χ0) is 10.5. The quantitative estimate of drug-likeness (QED) is 0.723. The van der Waals surface area contributed by atoms with Crippen molar-refractivity contribution in [3.63, 3.8) is 0 Å². The molecule has 0 spiro atoms. The van der Waals surface area contributed by atoms with Crippen LogP contribution in [0.3, 0.4) is 0 Å². The van der Waals surface area contributed by atoms with Gasteiger partial charge in [0.25, 0.3) is 0 Å². The Morgan fingerprint density at radius 3 is 2.60 bits per heavy atom. The Bertz CT molecular complexity index is 247. The molecule has 2 rings (SSSR count). The molecular weight excluding hydrogens is 188 g/mol. The molecule has 2 aliphatic rings. The summed E-state index contributed by atoms with van der Waals surface area (Å²) in [6.07, 6.45) is 14.3. The van der Waals surface area contributed by atoms with Crippen molar-refractivity contribution in [1.82, 2.24) is 0 Å². The lowest BCUT2D eigenvalue weighted by molar-refractivity contribution is -0.0655. The van der Waals surface area contributed by atoms with Crippen molar-refractivity contribution < 1.29 is 9.84 Å². The summed E-state index contributed by atoms with van der Waals surface area (Å²) >= 11 is 0. The Morgan fingerprint density at radius 1 is 1.20 bits per heavy atom. The van der Waals surface area contributed by atoms with Crippen LogP contribution in [-0.4, -0.2) is 18.0 Å². The molecule has 0 radical (unpaired) electrons. The summed E-state index contributed by atoms with van der Waals surface area (Å²) in [7, 11) is 0. The molecule has 0 amide bonds. The van der Waals surface area contributed by atoms with Crippen LogP contribution in [0, 0.1) is 5.92 Å². The molecule has 1 saturated carbocycles. The van der Waals surface area contributed by atoms with Crippen LogP contribution < -0.4 is 0 Å². The van der Waals surface area contributed by atoms with Crippen molar-refractivity contribution >= 4 is 0 Å². The predicted molar refractivity (Wildman–Crippen MR) is 60.4 cm³/mol. The summed E-state index contributed by atoms with van der Waals surface area (Å²) in [5.41, 5.74) is 1.53. The van der Waals surface area contributed by atoms with E-state index in [1.54, 1.807) is 0 Å². The van der Waals surface area contributed by atoms with E-state index in [4.69, 9.17) is 9.84 Å². The lowest BCUT2D eigenvalue weighted by Gasteiger charge is -2.29. The maximum atomic E-state index is 8.69. The molecule has 1 fully saturated rings. The fourth-order valence-corrected chi connectivity index (χ4v) is 2.60. The Balaban J connectivity index is 1.82. The Hall–Kier alpha value is -0.600. The second-order valence-corrected chi connectivity index (χ2v) is 4.45. The molecule has 2 aliphatic carbocycles. The van der Waals surface area contributed by atoms with Gasteiger partial charge in [-0.1, -0.05) is 18.2 Å². The Kier molecular flexibility index (Phi) is 3.98. The van der Waals surface area contributed by atoms with Crippen LogP contribution in [0.4, 0.5) is 0 Å². The Labute approximate surface area is 91.6 Å². The molecule has 15 heavy (non-hydrogen) atoms. The highest BCUT2D eigenvalue weighted by molar-refractivity contribution is 5.25. The van der Waals surface area contributed by atoms with Crippen molar-refractivity contribution in [2.45, 2.75) is 44.6 Å². The molecule has 0 saturated heterocycles. The third kappa shape index (κ3) is 2.93. The predicted octanol–water partition coefficient (Wildman–Crippen LogP) is 2.79. The van der Waals surface area contributed by atoms with Gasteiger partial charge >= 0.3 is 0 Å². The highest BCUT2D eigenvalue weighted by atomic mass is 16.6. The number of aliphatic hydroxyl groups is 1. The van der Waals surface area contributed by atoms with Crippen LogP contribution in [-0.2, 0) is 4.74 Å². The number of aliphatic hydroxyl groups excluding tert-OH is 1. The number of ether oxygens (including phenoxy) is 1. The highest BCUT2D eigenvalue weighted by Gasteiger charge is 2.23. The van der Waals surface area contributed by atoms with Crippen LogP contribution in [0.1, 0.15) is 38.5 Å². The number of rotatable bonds is 3. The maximum absolute atomic E-state index is 8.69. The topological polar surface area (TPSA) is 29.5 Å². The lowest BCUT2D eigenvalue weighted by atomic mass is 9.81. The first kappa shape index (κ1) is 10.9. The van der Waals surface area contributed by atoms with Crippen LogP contribution in [0.25, 0.3) is 0 Å². The van der Waals surface area contributed by atoms with Gasteiger partial charge in [-0.05, 0) is 50.0 Å². The van der Waals surface area contributed by atoms with Gasteiger partial charge in [0.1, 0.15) is 6.79 Å². The van der Waals surface area contributed by atoms with Gasteiger partial charge in [-0.15, -0.1) is 0 Å². The third-order valence-electron chi connectivity index (χ3n) is 3.48. The lowest BCUT2D eigenvalue weighted by Crippen LogP contribution is -2.22. The summed E-state index contributed by atoms with van der Waals surface area (Å²) in [6, 6.07) is 0. The van der Waals surface area contributed by atoms with Gasteiger partial charge in [0.15, 0.2) is 0 Å². The Morgan fingerprint density at radius 2 is 2.00 bits per heavy atom. The van der Waals surface area contributed by atoms with Gasteiger partial charge in [-0.2, -0.15) is 0 Å². The minimum absolute atomic E-state index is 0.127. The van der Waals surface area contributed by atoms with E-state index in [9.17, 15) is 0 Å². The van der Waals surface area contributed by atoms with E-state index in [2.05, 4.69) is 18.2 Å². The van der Waals surface area contributed by atoms with Gasteiger partial charge in [0.2, 0.25) is 0 Å². The molecule has 0 aromatic carbocycles. The van der Waals surface area contributed by atoms with Crippen LogP contribution in [0.15, 0.2) is 23.8 Å². The van der Waals surface area contributed by atoms with Crippen molar-refractivity contribution in [3.05, 3.63) is 23.8 Å². The van der Waals surface area contributed by atoms with E-state index >= 15 is 0 Å². The zero-order valence-corrected chi connectivity index (χ0v) is 9.19. The maximum Gasteiger partial charge on any atom is 0.143 e. The summed E-state index contributed by atoms with van der Waals surface area (Å²) in [5.74, 6) is 0.736. The molecule has 0 heterocycles. The molecule has 0 aliphatic heterocycles. The van der Waals surface area contributed by atoms with Gasteiger partial charge in [-0.25, -0.2) is 0 Å². The molecule has 2 nitrogen and oxygen atoms in total. The first-order valence-electron chi connectivity index (χ1n) is 5.99. The SMILES string of the molecule is OCOC1CCC(C2=CCCC=C2)CC1. The van der Waals surface area contributed by atoms with Crippen LogP contribution in [0.5, 0.6) is 0 Å². The number of hydrogen-bond acceptors (Lipinski definition) is 2. The van der Waals surface area contributed by atoms with Gasteiger partial charge in [0.05, 0.1) is 6.10 Å². The second kappa shape index (κ2) is 5.47. The van der Waals surface area contributed by atoms with Gasteiger partial charge in [0, 0.05) is 0 Å². The fraction of sp³-hybridized carbons (Fsp3) is 0.692. The summed E-state index contributed by atoms with van der Waals surface area (Å²) in [4.78, 5) is 0. The van der Waals surface area contributed by atoms with E-state index in [1.165, 1.54) is 31.3 Å². The average Bonchev–Trinajstić information content (AvgIpc) is 2.32. The smallest absolute Gasteiger partial charge is 0.143 e. The normalized spacial score (nSPS) is 31.4. The number of allylic oxidation sites excluding steroid dienone is 4. The molecule has 84 valence electrons. The van der Waals surface area contributed by atoms with E-state index in [-0.39, 0.29) is 6.79 Å². The first-order chi connectivity index (χ1) is 7.40. The molecule has 1 N–H and O–H groups in total. The van der Waals surface area contributed by atoms with Crippen molar-refractivity contribution in [2.24, 2.45) is 5.92 Å². The molecule has 2 heteroatoms. The summed E-state index contributed by atoms with van der Waals surface area (Å²) in [5, 5.41) is 8.69. The van der Waals surface area contributed by atoms with E-state index < -0.39 is 0 Å². The zero-order valence-electron chi connectivity index (χ0n) is 9.19. The number of hydrogen-bond donors (Lipinski definition) is 1. The third-order valence-corrected chi connectivity index (χ3v) is 3.48. The van der Waals surface area contributed by atoms with Crippen LogP contribution in [0.2, 0.25) is 0 Å². The summed E-state index contributed by atoms with van der Waals surface area (Å²) in [6.45, 7) is -0.127. The molecule has 0 bridgehead atoms. The largest absolute Gasteiger partial charge is 0.371 e. The van der Waals surface area contributed by atoms with Crippen molar-refractivity contribution in [2.75, 3.05) is 6.79 Å². The van der Waals surface area contributed by atoms with Crippen LogP contribution >= 0.6 is 0 Å². The summed E-state index contributed by atoms with van der Waals surface area (Å²) < 4.78 is 5.24. The minimum atomic E-state index is -0.127. The minimum Gasteiger partial charge on any atom is -0.371 e. The van der Waals surface area contributed by atoms with E-state index in [0.717, 1.165) is 18.8 Å². The average molecular weight is 208 g/mol. The van der Waals surface area contributed by atoms with E-state index in [1.807, 2.05) is 0 Å². The first-order valence-corrected chi connectivity index (χ1v) is 5.99. The van der Waals surface area contributed by atoms with Gasteiger partial charge in [-0.3, -0.25) is 0 Å². The highest BCUT2D eigenvalue weighted by Crippen LogP contribution is 2.33. The monoisotopic (exact) mass is 208 g/mol. The van der Waals surface area contributed by atoms with E-state index in [0.29, 0.717) is 6.10 Å². The van der Waals surface area contributed by atoms with Crippen molar-refractivity contribution in [1.29, 1.82) is 0 Å². The second-order valence-electron chi connectivity index (χ2n) is 4.45. The molecule has 0 unspecified atom stereocenters. The molecule has 0 atom stereocenters. The molecular formula is C13H20O2. The van der Waals surface area contributed by atoms with Gasteiger partial charge < -0.3 is 9.84 Å². The van der Waals surface area contributed by atoms with Crippen molar-refractivity contribution in [3.8, 4) is 0 Å². The standard InChI is InChI=1S/C13H20O2/c14-10-15-13-8-6-12(7-9-13)11-4-2-1-3-5-11/h2,4-5,12-14H,1,3,6-10H2. The molecule has 0 aromatic heterocycles.